The summed E-state index contributed by atoms with van der Waals surface area (Å²) < 4.78 is 7.36. The van der Waals surface area contributed by atoms with Gasteiger partial charge >= 0.3 is 0 Å². The van der Waals surface area contributed by atoms with Crippen LogP contribution < -0.4 is 10.5 Å². The Morgan fingerprint density at radius 2 is 2.19 bits per heavy atom. The summed E-state index contributed by atoms with van der Waals surface area (Å²) in [6.07, 6.45) is 8.08. The van der Waals surface area contributed by atoms with E-state index in [9.17, 15) is 0 Å². The van der Waals surface area contributed by atoms with Gasteiger partial charge in [0.2, 0.25) is 0 Å². The van der Waals surface area contributed by atoms with E-state index in [2.05, 4.69) is 18.9 Å². The highest BCUT2D eigenvalue weighted by Crippen LogP contribution is 2.20. The minimum atomic E-state index is 0.189. The van der Waals surface area contributed by atoms with Crippen LogP contribution in [0.25, 0.3) is 0 Å². The molecule has 1 heterocycles. The van der Waals surface area contributed by atoms with Gasteiger partial charge in [-0.3, -0.25) is 4.68 Å². The number of aryl methyl sites for hydroxylation is 1. The van der Waals surface area contributed by atoms with Crippen LogP contribution >= 0.6 is 0 Å². The zero-order valence-corrected chi connectivity index (χ0v) is 10.6. The lowest BCUT2D eigenvalue weighted by Crippen LogP contribution is -2.12. The average Bonchev–Trinajstić information content (AvgIpc) is 2.52. The van der Waals surface area contributed by atoms with Gasteiger partial charge in [-0.25, -0.2) is 0 Å². The van der Waals surface area contributed by atoms with E-state index in [1.165, 1.54) is 25.7 Å². The van der Waals surface area contributed by atoms with Crippen molar-refractivity contribution in [3.8, 4) is 5.88 Å². The number of ether oxygens (including phenoxy) is 1. The highest BCUT2D eigenvalue weighted by Gasteiger charge is 2.09. The molecule has 0 saturated carbocycles. The van der Waals surface area contributed by atoms with Gasteiger partial charge in [-0.05, 0) is 19.8 Å². The van der Waals surface area contributed by atoms with Gasteiger partial charge in [0.15, 0.2) is 0 Å². The van der Waals surface area contributed by atoms with Crippen molar-refractivity contribution in [3.63, 3.8) is 0 Å². The van der Waals surface area contributed by atoms with Crippen LogP contribution in [0.5, 0.6) is 5.88 Å². The first kappa shape index (κ1) is 12.9. The van der Waals surface area contributed by atoms with Crippen molar-refractivity contribution in [1.29, 1.82) is 0 Å². The Morgan fingerprint density at radius 1 is 1.44 bits per heavy atom. The van der Waals surface area contributed by atoms with Gasteiger partial charge in [-0.2, -0.15) is 0 Å². The van der Waals surface area contributed by atoms with Crippen molar-refractivity contribution in [1.82, 2.24) is 9.78 Å². The van der Waals surface area contributed by atoms with E-state index in [4.69, 9.17) is 10.5 Å². The molecule has 92 valence electrons. The maximum absolute atomic E-state index is 5.76. The van der Waals surface area contributed by atoms with Crippen LogP contribution in [-0.4, -0.2) is 15.9 Å². The highest BCUT2D eigenvalue weighted by molar-refractivity contribution is 5.45. The molecule has 1 aromatic rings. The lowest BCUT2D eigenvalue weighted by Gasteiger charge is -2.12. The van der Waals surface area contributed by atoms with Gasteiger partial charge < -0.3 is 10.5 Å². The second-order valence-corrected chi connectivity index (χ2v) is 4.34. The Kier molecular flexibility index (Phi) is 5.15. The fourth-order valence-electron chi connectivity index (χ4n) is 1.69. The monoisotopic (exact) mass is 225 g/mol. The second-order valence-electron chi connectivity index (χ2n) is 4.34. The number of aromatic nitrogens is 2. The van der Waals surface area contributed by atoms with Gasteiger partial charge in [0.1, 0.15) is 5.69 Å². The smallest absolute Gasteiger partial charge is 0.256 e. The molecule has 1 atom stereocenters. The molecule has 1 unspecified atom stereocenters. The first-order chi connectivity index (χ1) is 7.63. The first-order valence-electron chi connectivity index (χ1n) is 6.09. The highest BCUT2D eigenvalue weighted by atomic mass is 16.5. The summed E-state index contributed by atoms with van der Waals surface area (Å²) in [7, 11) is 1.84. The molecule has 0 aliphatic rings. The van der Waals surface area contributed by atoms with Crippen LogP contribution in [0, 0.1) is 0 Å². The third-order valence-corrected chi connectivity index (χ3v) is 2.60. The standard InChI is InChI=1S/C12H23N3O/c1-4-5-6-7-8-10(2)16-12-11(13)9-15(3)14-12/h9-10H,4-8,13H2,1-3H3. The van der Waals surface area contributed by atoms with Gasteiger partial charge in [-0.15, -0.1) is 5.10 Å². The molecule has 0 bridgehead atoms. The number of nitrogen functional groups attached to an aromatic ring is 1. The Morgan fingerprint density at radius 3 is 2.75 bits per heavy atom. The van der Waals surface area contributed by atoms with Crippen molar-refractivity contribution < 1.29 is 4.74 Å². The van der Waals surface area contributed by atoms with Crippen LogP contribution in [0.4, 0.5) is 5.69 Å². The molecular formula is C12H23N3O. The molecule has 2 N–H and O–H groups in total. The maximum Gasteiger partial charge on any atom is 0.256 e. The molecule has 0 saturated heterocycles. The van der Waals surface area contributed by atoms with E-state index < -0.39 is 0 Å². The molecule has 16 heavy (non-hydrogen) atoms. The fourth-order valence-corrected chi connectivity index (χ4v) is 1.69. The van der Waals surface area contributed by atoms with Crippen molar-refractivity contribution in [2.75, 3.05) is 5.73 Å². The second kappa shape index (κ2) is 6.40. The van der Waals surface area contributed by atoms with Crippen LogP contribution in [0.2, 0.25) is 0 Å². The van der Waals surface area contributed by atoms with E-state index in [1.54, 1.807) is 10.9 Å². The van der Waals surface area contributed by atoms with Crippen LogP contribution in [-0.2, 0) is 7.05 Å². The Bertz CT molecular complexity index is 309. The fraction of sp³-hybridized carbons (Fsp3) is 0.750. The maximum atomic E-state index is 5.76. The number of hydrogen-bond donors (Lipinski definition) is 1. The molecule has 0 aliphatic carbocycles. The molecule has 0 spiro atoms. The molecule has 0 aliphatic heterocycles. The van der Waals surface area contributed by atoms with E-state index >= 15 is 0 Å². The topological polar surface area (TPSA) is 53.1 Å². The Balaban J connectivity index is 2.28. The number of nitrogens with two attached hydrogens (primary N) is 1. The summed E-state index contributed by atoms with van der Waals surface area (Å²) >= 11 is 0. The number of unbranched alkanes of at least 4 members (excludes halogenated alkanes) is 3. The van der Waals surface area contributed by atoms with Gasteiger partial charge in [0.05, 0.1) is 12.3 Å². The van der Waals surface area contributed by atoms with Crippen molar-refractivity contribution >= 4 is 5.69 Å². The predicted octanol–water partition coefficient (Wildman–Crippen LogP) is 2.74. The van der Waals surface area contributed by atoms with Gasteiger partial charge in [0.25, 0.3) is 5.88 Å². The first-order valence-corrected chi connectivity index (χ1v) is 6.09. The number of rotatable bonds is 7. The summed E-state index contributed by atoms with van der Waals surface area (Å²) in [6, 6.07) is 0. The summed E-state index contributed by atoms with van der Waals surface area (Å²) in [4.78, 5) is 0. The summed E-state index contributed by atoms with van der Waals surface area (Å²) in [5, 5.41) is 4.16. The largest absolute Gasteiger partial charge is 0.472 e. The molecular weight excluding hydrogens is 202 g/mol. The minimum absolute atomic E-state index is 0.189. The number of anilines is 1. The summed E-state index contributed by atoms with van der Waals surface area (Å²) in [5.41, 5.74) is 6.37. The zero-order chi connectivity index (χ0) is 12.0. The molecule has 4 heteroatoms. The van der Waals surface area contributed by atoms with Crippen molar-refractivity contribution in [2.24, 2.45) is 7.05 Å². The minimum Gasteiger partial charge on any atom is -0.472 e. The van der Waals surface area contributed by atoms with Gasteiger partial charge in [0, 0.05) is 7.05 Å². The Hall–Kier alpha value is -1.19. The van der Waals surface area contributed by atoms with Crippen molar-refractivity contribution in [2.45, 2.75) is 52.1 Å². The normalized spacial score (nSPS) is 12.7. The predicted molar refractivity (Wildman–Crippen MR) is 66.5 cm³/mol. The molecule has 0 radical (unpaired) electrons. The summed E-state index contributed by atoms with van der Waals surface area (Å²) in [6.45, 7) is 4.29. The average molecular weight is 225 g/mol. The Labute approximate surface area is 97.8 Å². The molecule has 1 aromatic heterocycles. The van der Waals surface area contributed by atoms with Crippen LogP contribution in [0.3, 0.4) is 0 Å². The molecule has 0 fully saturated rings. The molecule has 0 aromatic carbocycles. The third-order valence-electron chi connectivity index (χ3n) is 2.60. The van der Waals surface area contributed by atoms with E-state index in [0.717, 1.165) is 6.42 Å². The van der Waals surface area contributed by atoms with Crippen LogP contribution in [0.15, 0.2) is 6.20 Å². The molecule has 1 rings (SSSR count). The van der Waals surface area contributed by atoms with E-state index in [-0.39, 0.29) is 6.10 Å². The number of nitrogens with zero attached hydrogens (tertiary/aromatic N) is 2. The lowest BCUT2D eigenvalue weighted by molar-refractivity contribution is 0.198. The quantitative estimate of drug-likeness (QED) is 0.726. The zero-order valence-electron chi connectivity index (χ0n) is 10.6. The van der Waals surface area contributed by atoms with E-state index in [0.29, 0.717) is 11.6 Å². The van der Waals surface area contributed by atoms with Crippen molar-refractivity contribution in [3.05, 3.63) is 6.20 Å². The van der Waals surface area contributed by atoms with Crippen LogP contribution in [0.1, 0.15) is 46.0 Å². The lowest BCUT2D eigenvalue weighted by atomic mass is 10.1. The molecule has 4 nitrogen and oxygen atoms in total. The number of hydrogen-bond acceptors (Lipinski definition) is 3. The third kappa shape index (κ3) is 4.13. The van der Waals surface area contributed by atoms with E-state index in [1.807, 2.05) is 7.05 Å². The summed E-state index contributed by atoms with van der Waals surface area (Å²) in [5.74, 6) is 0.561. The van der Waals surface area contributed by atoms with Gasteiger partial charge in [-0.1, -0.05) is 26.2 Å². The SMILES string of the molecule is CCCCCCC(C)Oc1nn(C)cc1N. The molecule has 0 amide bonds.